The summed E-state index contributed by atoms with van der Waals surface area (Å²) in [5, 5.41) is 7.39. The predicted octanol–water partition coefficient (Wildman–Crippen LogP) is 7.00. The second-order valence-electron chi connectivity index (χ2n) is 11.9. The molecular formula is C34H36F2N4O3. The highest BCUT2D eigenvalue weighted by atomic mass is 19.1. The maximum absolute atomic E-state index is 14.9. The third-order valence-electron chi connectivity index (χ3n) is 7.86. The van der Waals surface area contributed by atoms with Gasteiger partial charge in [0.25, 0.3) is 5.91 Å². The number of nitrogens with one attached hydrogen (secondary N) is 1. The first-order valence-corrected chi connectivity index (χ1v) is 14.4. The van der Waals surface area contributed by atoms with Gasteiger partial charge in [-0.05, 0) is 113 Å². The zero-order valence-electron chi connectivity index (χ0n) is 24.9. The number of ether oxygens (including phenoxy) is 1. The Morgan fingerprint density at radius 1 is 0.977 bits per heavy atom. The molecule has 1 aromatic heterocycles. The first-order chi connectivity index (χ1) is 20.5. The average Bonchev–Trinajstić information content (AvgIpc) is 3.46. The van der Waals surface area contributed by atoms with Crippen LogP contribution in [0.5, 0.6) is 0 Å². The fourth-order valence-corrected chi connectivity index (χ4v) is 5.56. The number of benzene rings is 3. The number of nitrogens with zero attached hydrogens (tertiary/aromatic N) is 3. The highest BCUT2D eigenvalue weighted by molar-refractivity contribution is 6.08. The average molecular weight is 587 g/mol. The molecule has 1 amide bonds. The molecule has 4 aromatic rings. The number of carbonyl (C=O) groups is 2. The van der Waals surface area contributed by atoms with Crippen molar-refractivity contribution in [3.8, 4) is 11.3 Å². The molecule has 1 saturated heterocycles. The smallest absolute Gasteiger partial charge is 0.337 e. The van der Waals surface area contributed by atoms with Gasteiger partial charge >= 0.3 is 5.97 Å². The minimum absolute atomic E-state index is 0.328. The molecule has 1 fully saturated rings. The molecule has 1 aliphatic heterocycles. The van der Waals surface area contributed by atoms with Crippen molar-refractivity contribution in [1.29, 1.82) is 0 Å². The van der Waals surface area contributed by atoms with Crippen LogP contribution in [0.25, 0.3) is 11.3 Å². The lowest BCUT2D eigenvalue weighted by Crippen LogP contribution is -2.32. The summed E-state index contributed by atoms with van der Waals surface area (Å²) in [6.45, 7) is 7.95. The van der Waals surface area contributed by atoms with E-state index in [4.69, 9.17) is 4.74 Å². The summed E-state index contributed by atoms with van der Waals surface area (Å²) >= 11 is 0. The number of halogens is 2. The first-order valence-electron chi connectivity index (χ1n) is 14.4. The molecule has 224 valence electrons. The highest BCUT2D eigenvalue weighted by Crippen LogP contribution is 2.31. The van der Waals surface area contributed by atoms with Crippen molar-refractivity contribution in [2.45, 2.75) is 51.6 Å². The minimum atomic E-state index is -0.425. The van der Waals surface area contributed by atoms with Gasteiger partial charge in [-0.2, -0.15) is 5.10 Å². The van der Waals surface area contributed by atoms with Gasteiger partial charge in [-0.15, -0.1) is 0 Å². The van der Waals surface area contributed by atoms with Crippen LogP contribution in [0, 0.1) is 11.6 Å². The summed E-state index contributed by atoms with van der Waals surface area (Å²) in [7, 11) is 1.37. The summed E-state index contributed by atoms with van der Waals surface area (Å²) in [6.07, 6.45) is 3.34. The van der Waals surface area contributed by atoms with Gasteiger partial charge in [0, 0.05) is 23.4 Å². The first kappa shape index (κ1) is 30.1. The molecule has 1 N–H and O–H groups in total. The predicted molar refractivity (Wildman–Crippen MR) is 162 cm³/mol. The van der Waals surface area contributed by atoms with Gasteiger partial charge in [-0.3, -0.25) is 14.4 Å². The van der Waals surface area contributed by atoms with Crippen molar-refractivity contribution in [3.05, 3.63) is 107 Å². The van der Waals surface area contributed by atoms with Crippen LogP contribution in [0.15, 0.2) is 72.9 Å². The minimum Gasteiger partial charge on any atom is -0.465 e. The van der Waals surface area contributed by atoms with Crippen LogP contribution in [0.4, 0.5) is 14.5 Å². The van der Waals surface area contributed by atoms with E-state index in [1.165, 1.54) is 37.1 Å². The summed E-state index contributed by atoms with van der Waals surface area (Å²) in [5.41, 5.74) is 3.86. The number of aromatic nitrogens is 2. The van der Waals surface area contributed by atoms with Crippen molar-refractivity contribution < 1.29 is 23.1 Å². The molecule has 0 unspecified atom stereocenters. The van der Waals surface area contributed by atoms with Crippen molar-refractivity contribution in [1.82, 2.24) is 14.7 Å². The van der Waals surface area contributed by atoms with Crippen LogP contribution in [-0.2, 0) is 16.8 Å². The van der Waals surface area contributed by atoms with E-state index in [2.05, 4.69) is 15.3 Å². The summed E-state index contributed by atoms with van der Waals surface area (Å²) in [6, 6.07) is 18.1. The van der Waals surface area contributed by atoms with Crippen LogP contribution in [-0.4, -0.2) is 46.8 Å². The van der Waals surface area contributed by atoms with Crippen LogP contribution in [0.1, 0.15) is 71.4 Å². The third kappa shape index (κ3) is 6.83. The SMILES string of the molecule is COC(=O)c1ccc(C2CCN(Cc3cc(NC(=O)c4cnn(C(C)(C)C)c4-c4ccc(F)cc4)ccc3F)CC2)cc1. The number of anilines is 1. The maximum Gasteiger partial charge on any atom is 0.337 e. The van der Waals surface area contributed by atoms with E-state index >= 15 is 0 Å². The number of amides is 1. The molecule has 43 heavy (non-hydrogen) atoms. The fourth-order valence-electron chi connectivity index (χ4n) is 5.56. The number of esters is 1. The fraction of sp³-hybridized carbons (Fsp3) is 0.324. The lowest BCUT2D eigenvalue weighted by Gasteiger charge is -2.32. The Bertz CT molecular complexity index is 1600. The maximum atomic E-state index is 14.9. The standard InChI is InChI=1S/C34H36F2N4O3/c1-34(2,3)40-31(24-9-11-27(35)12-10-24)29(20-37-40)32(41)38-28-13-14-30(36)26(19-28)21-39-17-15-23(16-18-39)22-5-7-25(8-6-22)33(42)43-4/h5-14,19-20,23H,15-18,21H2,1-4H3,(H,38,41). The number of likely N-dealkylation sites (tertiary alicyclic amines) is 1. The Hall–Kier alpha value is -4.37. The molecule has 1 aliphatic rings. The number of rotatable bonds is 7. The van der Waals surface area contributed by atoms with Gasteiger partial charge in [-0.25, -0.2) is 13.6 Å². The summed E-state index contributed by atoms with van der Waals surface area (Å²) in [4.78, 5) is 27.4. The molecule has 7 nitrogen and oxygen atoms in total. The largest absolute Gasteiger partial charge is 0.465 e. The van der Waals surface area contributed by atoms with Crippen molar-refractivity contribution in [2.24, 2.45) is 0 Å². The molecule has 0 saturated carbocycles. The second-order valence-corrected chi connectivity index (χ2v) is 11.9. The van der Waals surface area contributed by atoms with Gasteiger partial charge in [-0.1, -0.05) is 12.1 Å². The molecule has 0 aliphatic carbocycles. The number of carbonyl (C=O) groups excluding carboxylic acids is 2. The Balaban J connectivity index is 1.27. The van der Waals surface area contributed by atoms with Gasteiger partial charge in [0.05, 0.1) is 35.7 Å². The number of methoxy groups -OCH3 is 1. The van der Waals surface area contributed by atoms with E-state index in [0.29, 0.717) is 46.1 Å². The molecule has 9 heteroatoms. The zero-order chi connectivity index (χ0) is 30.7. The van der Waals surface area contributed by atoms with Gasteiger partial charge in [0.1, 0.15) is 11.6 Å². The van der Waals surface area contributed by atoms with Crippen LogP contribution in [0.3, 0.4) is 0 Å². The Kier molecular flexibility index (Phi) is 8.73. The molecule has 0 radical (unpaired) electrons. The van der Waals surface area contributed by atoms with Crippen molar-refractivity contribution in [2.75, 3.05) is 25.5 Å². The van der Waals surface area contributed by atoms with Crippen LogP contribution < -0.4 is 5.32 Å². The number of hydrogen-bond donors (Lipinski definition) is 1. The van der Waals surface area contributed by atoms with Crippen molar-refractivity contribution in [3.63, 3.8) is 0 Å². The van der Waals surface area contributed by atoms with Crippen LogP contribution >= 0.6 is 0 Å². The highest BCUT2D eigenvalue weighted by Gasteiger charge is 2.26. The lowest BCUT2D eigenvalue weighted by atomic mass is 9.89. The topological polar surface area (TPSA) is 76.5 Å². The van der Waals surface area contributed by atoms with E-state index in [1.807, 2.05) is 32.9 Å². The molecule has 3 aromatic carbocycles. The molecule has 2 heterocycles. The van der Waals surface area contributed by atoms with E-state index in [9.17, 15) is 18.4 Å². The van der Waals surface area contributed by atoms with Gasteiger partial charge in [0.15, 0.2) is 0 Å². The third-order valence-corrected chi connectivity index (χ3v) is 7.86. The van der Waals surface area contributed by atoms with E-state index < -0.39 is 5.54 Å². The van der Waals surface area contributed by atoms with Crippen LogP contribution in [0.2, 0.25) is 0 Å². The van der Waals surface area contributed by atoms with E-state index in [-0.39, 0.29) is 23.5 Å². The van der Waals surface area contributed by atoms with Crippen molar-refractivity contribution >= 4 is 17.6 Å². The monoisotopic (exact) mass is 586 g/mol. The van der Waals surface area contributed by atoms with Gasteiger partial charge in [0.2, 0.25) is 0 Å². The summed E-state index contributed by atoms with van der Waals surface area (Å²) < 4.78 is 35.1. The normalized spacial score (nSPS) is 14.5. The van der Waals surface area contributed by atoms with E-state index in [0.717, 1.165) is 25.9 Å². The number of piperidine rings is 1. The second kappa shape index (κ2) is 12.5. The Morgan fingerprint density at radius 3 is 2.28 bits per heavy atom. The molecule has 5 rings (SSSR count). The molecular weight excluding hydrogens is 550 g/mol. The lowest BCUT2D eigenvalue weighted by molar-refractivity contribution is 0.0600. The Morgan fingerprint density at radius 2 is 1.65 bits per heavy atom. The molecule has 0 atom stereocenters. The van der Waals surface area contributed by atoms with Gasteiger partial charge < -0.3 is 10.1 Å². The zero-order valence-corrected chi connectivity index (χ0v) is 24.9. The summed E-state index contributed by atoms with van der Waals surface area (Å²) in [5.74, 6) is -1.07. The Labute approximate surface area is 250 Å². The number of hydrogen-bond acceptors (Lipinski definition) is 5. The quantitative estimate of drug-likeness (QED) is 0.236. The van der Waals surface area contributed by atoms with E-state index in [1.54, 1.807) is 41.1 Å². The molecule has 0 spiro atoms. The molecule has 0 bridgehead atoms.